The van der Waals surface area contributed by atoms with Crippen LogP contribution < -0.4 is 10.0 Å². The molecule has 0 unspecified atom stereocenters. The third-order valence-electron chi connectivity index (χ3n) is 4.23. The van der Waals surface area contributed by atoms with Crippen LogP contribution in [0.3, 0.4) is 0 Å². The summed E-state index contributed by atoms with van der Waals surface area (Å²) >= 11 is 0. The van der Waals surface area contributed by atoms with Gasteiger partial charge < -0.3 is 5.32 Å². The average molecular weight is 396 g/mol. The predicted molar refractivity (Wildman–Crippen MR) is 108 cm³/mol. The van der Waals surface area contributed by atoms with Gasteiger partial charge in [-0.05, 0) is 68.3 Å². The van der Waals surface area contributed by atoms with E-state index in [0.29, 0.717) is 17.1 Å². The number of benzene rings is 2. The second-order valence-electron chi connectivity index (χ2n) is 6.42. The molecule has 8 heteroatoms. The van der Waals surface area contributed by atoms with Crippen molar-refractivity contribution in [2.75, 3.05) is 10.0 Å². The molecular weight excluding hydrogens is 376 g/mol. The topological polar surface area (TPSA) is 101 Å². The molecule has 0 atom stereocenters. The Balaban J connectivity index is 1.74. The highest BCUT2D eigenvalue weighted by Gasteiger charge is 2.16. The van der Waals surface area contributed by atoms with Crippen molar-refractivity contribution < 1.29 is 13.2 Å². The van der Waals surface area contributed by atoms with Crippen LogP contribution in [0, 0.1) is 13.8 Å². The number of carbonyl (C=O) groups excluding carboxylic acids is 1. The van der Waals surface area contributed by atoms with Crippen LogP contribution in [-0.2, 0) is 10.0 Å². The quantitative estimate of drug-likeness (QED) is 0.614. The van der Waals surface area contributed by atoms with E-state index in [1.54, 1.807) is 48.5 Å². The summed E-state index contributed by atoms with van der Waals surface area (Å²) in [6, 6.07) is 15.0. The van der Waals surface area contributed by atoms with Crippen molar-refractivity contribution in [1.29, 1.82) is 0 Å². The Bertz CT molecular complexity index is 1130. The number of aryl methyl sites for hydroxylation is 2. The van der Waals surface area contributed by atoms with E-state index in [0.717, 1.165) is 11.1 Å². The number of Topliss-reactive ketones (excluding diaryl/α,β-unsaturated/α-hetero) is 1. The Morgan fingerprint density at radius 2 is 1.61 bits per heavy atom. The molecule has 0 aliphatic heterocycles. The molecular formula is C20H20N4O3S. The minimum Gasteiger partial charge on any atom is -0.339 e. The molecule has 0 spiro atoms. The second kappa shape index (κ2) is 7.77. The number of rotatable bonds is 6. The summed E-state index contributed by atoms with van der Waals surface area (Å²) in [6.07, 6.45) is 0. The lowest BCUT2D eigenvalue weighted by atomic mass is 10.1. The van der Waals surface area contributed by atoms with Crippen molar-refractivity contribution in [3.63, 3.8) is 0 Å². The van der Waals surface area contributed by atoms with E-state index >= 15 is 0 Å². The number of nitrogens with zero attached hydrogens (tertiary/aromatic N) is 2. The monoisotopic (exact) mass is 396 g/mol. The molecule has 3 aromatic rings. The van der Waals surface area contributed by atoms with Gasteiger partial charge in [0.05, 0.1) is 4.90 Å². The van der Waals surface area contributed by atoms with Crippen LogP contribution >= 0.6 is 0 Å². The van der Waals surface area contributed by atoms with E-state index in [9.17, 15) is 13.2 Å². The van der Waals surface area contributed by atoms with Crippen molar-refractivity contribution >= 4 is 33.1 Å². The average Bonchev–Trinajstić information content (AvgIpc) is 2.65. The number of aromatic nitrogens is 2. The molecule has 2 aromatic carbocycles. The van der Waals surface area contributed by atoms with Crippen LogP contribution in [0.4, 0.5) is 17.3 Å². The minimum absolute atomic E-state index is 0.0363. The van der Waals surface area contributed by atoms with Gasteiger partial charge in [0.25, 0.3) is 10.0 Å². The number of nitrogens with one attached hydrogen (secondary N) is 2. The molecule has 2 N–H and O–H groups in total. The lowest BCUT2D eigenvalue weighted by Crippen LogP contribution is -2.14. The zero-order chi connectivity index (χ0) is 20.3. The Labute approximate surface area is 163 Å². The van der Waals surface area contributed by atoms with Crippen molar-refractivity contribution in [2.45, 2.75) is 25.7 Å². The molecule has 28 heavy (non-hydrogen) atoms. The van der Waals surface area contributed by atoms with Crippen LogP contribution in [0.25, 0.3) is 0 Å². The van der Waals surface area contributed by atoms with Gasteiger partial charge in [-0.1, -0.05) is 18.2 Å². The molecule has 0 aliphatic carbocycles. The first-order chi connectivity index (χ1) is 13.2. The molecule has 1 aromatic heterocycles. The molecule has 1 heterocycles. The van der Waals surface area contributed by atoms with E-state index in [-0.39, 0.29) is 16.5 Å². The fourth-order valence-corrected chi connectivity index (χ4v) is 3.58. The molecule has 0 saturated carbocycles. The third-order valence-corrected chi connectivity index (χ3v) is 5.59. The summed E-state index contributed by atoms with van der Waals surface area (Å²) in [5.41, 5.74) is 3.17. The normalized spacial score (nSPS) is 11.1. The first-order valence-electron chi connectivity index (χ1n) is 8.56. The van der Waals surface area contributed by atoms with Crippen molar-refractivity contribution in [3.05, 3.63) is 71.3 Å². The Morgan fingerprint density at radius 1 is 0.893 bits per heavy atom. The highest BCUT2D eigenvalue weighted by Crippen LogP contribution is 2.20. The molecule has 3 rings (SSSR count). The summed E-state index contributed by atoms with van der Waals surface area (Å²) in [6.45, 7) is 5.27. The summed E-state index contributed by atoms with van der Waals surface area (Å²) in [7, 11) is -3.75. The van der Waals surface area contributed by atoms with E-state index in [1.165, 1.54) is 13.0 Å². The molecule has 0 aliphatic rings. The standard InChI is InChI=1S/C20H20N4O3S/c1-13-7-8-18(11-14(13)2)28(26,27)24-20-10-9-19(22-23-20)21-17-6-4-5-16(12-17)15(3)25/h4-12H,1-3H3,(H,21,22)(H,23,24). The number of anilines is 3. The van der Waals surface area contributed by atoms with Gasteiger partial charge in [0.1, 0.15) is 0 Å². The van der Waals surface area contributed by atoms with Crippen LogP contribution in [-0.4, -0.2) is 24.4 Å². The summed E-state index contributed by atoms with van der Waals surface area (Å²) in [5, 5.41) is 10.9. The predicted octanol–water partition coefficient (Wildman–Crippen LogP) is 3.84. The maximum Gasteiger partial charge on any atom is 0.263 e. The fourth-order valence-electron chi connectivity index (χ4n) is 2.49. The Kier molecular flexibility index (Phi) is 5.41. The third kappa shape index (κ3) is 4.52. The first kappa shape index (κ1) is 19.5. The first-order valence-corrected chi connectivity index (χ1v) is 10.0. The van der Waals surface area contributed by atoms with Gasteiger partial charge in [0.15, 0.2) is 17.4 Å². The SMILES string of the molecule is CC(=O)c1cccc(Nc2ccc(NS(=O)(=O)c3ccc(C)c(C)c3)nn2)c1. The lowest BCUT2D eigenvalue weighted by Gasteiger charge is -2.10. The minimum atomic E-state index is -3.75. The van der Waals surface area contributed by atoms with E-state index in [2.05, 4.69) is 20.2 Å². The molecule has 144 valence electrons. The lowest BCUT2D eigenvalue weighted by molar-refractivity contribution is 0.101. The Morgan fingerprint density at radius 3 is 2.25 bits per heavy atom. The van der Waals surface area contributed by atoms with E-state index < -0.39 is 10.0 Å². The number of hydrogen-bond donors (Lipinski definition) is 2. The van der Waals surface area contributed by atoms with Crippen molar-refractivity contribution in [1.82, 2.24) is 10.2 Å². The summed E-state index contributed by atoms with van der Waals surface area (Å²) < 4.78 is 27.5. The number of ketones is 1. The zero-order valence-corrected chi connectivity index (χ0v) is 16.5. The molecule has 0 fully saturated rings. The summed E-state index contributed by atoms with van der Waals surface area (Å²) in [5.74, 6) is 0.502. The summed E-state index contributed by atoms with van der Waals surface area (Å²) in [4.78, 5) is 11.6. The zero-order valence-electron chi connectivity index (χ0n) is 15.7. The highest BCUT2D eigenvalue weighted by molar-refractivity contribution is 7.92. The van der Waals surface area contributed by atoms with Gasteiger partial charge in [-0.3, -0.25) is 9.52 Å². The van der Waals surface area contributed by atoms with Crippen LogP contribution in [0.5, 0.6) is 0 Å². The molecule has 0 bridgehead atoms. The largest absolute Gasteiger partial charge is 0.339 e. The van der Waals surface area contributed by atoms with Crippen LogP contribution in [0.15, 0.2) is 59.5 Å². The maximum absolute atomic E-state index is 12.5. The van der Waals surface area contributed by atoms with Gasteiger partial charge in [0.2, 0.25) is 0 Å². The van der Waals surface area contributed by atoms with Crippen molar-refractivity contribution in [3.8, 4) is 0 Å². The maximum atomic E-state index is 12.5. The number of carbonyl (C=O) groups is 1. The van der Waals surface area contributed by atoms with E-state index in [4.69, 9.17) is 0 Å². The number of hydrogen-bond acceptors (Lipinski definition) is 6. The van der Waals surface area contributed by atoms with Gasteiger partial charge in [-0.25, -0.2) is 8.42 Å². The van der Waals surface area contributed by atoms with Crippen LogP contribution in [0.2, 0.25) is 0 Å². The van der Waals surface area contributed by atoms with Gasteiger partial charge in [0, 0.05) is 11.3 Å². The smallest absolute Gasteiger partial charge is 0.263 e. The number of sulfonamides is 1. The van der Waals surface area contributed by atoms with E-state index in [1.807, 2.05) is 13.8 Å². The van der Waals surface area contributed by atoms with Gasteiger partial charge >= 0.3 is 0 Å². The molecule has 7 nitrogen and oxygen atoms in total. The van der Waals surface area contributed by atoms with Crippen molar-refractivity contribution in [2.24, 2.45) is 0 Å². The fraction of sp³-hybridized carbons (Fsp3) is 0.150. The molecule has 0 saturated heterocycles. The molecule has 0 radical (unpaired) electrons. The molecule has 0 amide bonds. The van der Waals surface area contributed by atoms with Gasteiger partial charge in [-0.15, -0.1) is 10.2 Å². The highest BCUT2D eigenvalue weighted by atomic mass is 32.2. The Hall–Kier alpha value is -3.26. The van der Waals surface area contributed by atoms with Gasteiger partial charge in [-0.2, -0.15) is 0 Å². The van der Waals surface area contributed by atoms with Crippen LogP contribution in [0.1, 0.15) is 28.4 Å². The second-order valence-corrected chi connectivity index (χ2v) is 8.10.